The molecule has 0 fully saturated rings. The molecule has 6 heteroatoms. The molecule has 0 bridgehead atoms. The molecular weight excluding hydrogens is 302 g/mol. The number of fused-ring (bicyclic) bond motifs is 1. The summed E-state index contributed by atoms with van der Waals surface area (Å²) in [7, 11) is 0. The average molecular weight is 317 g/mol. The molecule has 2 heterocycles. The predicted octanol–water partition coefficient (Wildman–Crippen LogP) is 4.06. The number of anilines is 2. The Bertz CT molecular complexity index is 820. The van der Waals surface area contributed by atoms with Gasteiger partial charge in [0.15, 0.2) is 5.13 Å². The van der Waals surface area contributed by atoms with E-state index in [1.165, 1.54) is 22.7 Å². The van der Waals surface area contributed by atoms with Gasteiger partial charge in [0, 0.05) is 15.0 Å². The molecule has 0 saturated carbocycles. The number of hydrogen-bond donors (Lipinski definition) is 2. The number of thiazole rings is 1. The van der Waals surface area contributed by atoms with E-state index in [-0.39, 0.29) is 5.91 Å². The van der Waals surface area contributed by atoms with Gasteiger partial charge in [0.25, 0.3) is 5.91 Å². The molecule has 0 radical (unpaired) electrons. The lowest BCUT2D eigenvalue weighted by molar-refractivity contribution is 0.103. The highest BCUT2D eigenvalue weighted by molar-refractivity contribution is 7.22. The second kappa shape index (κ2) is 5.46. The molecule has 3 rings (SSSR count). The Kier molecular flexibility index (Phi) is 3.65. The van der Waals surface area contributed by atoms with E-state index in [9.17, 15) is 4.79 Å². The molecule has 0 spiro atoms. The third kappa shape index (κ3) is 2.52. The molecule has 1 amide bonds. The van der Waals surface area contributed by atoms with Gasteiger partial charge in [-0.2, -0.15) is 0 Å². The first-order chi connectivity index (χ1) is 10.1. The minimum Gasteiger partial charge on any atom is -0.397 e. The summed E-state index contributed by atoms with van der Waals surface area (Å²) in [5.41, 5.74) is 7.65. The van der Waals surface area contributed by atoms with Gasteiger partial charge >= 0.3 is 0 Å². The lowest BCUT2D eigenvalue weighted by Crippen LogP contribution is -2.11. The van der Waals surface area contributed by atoms with Crippen molar-refractivity contribution in [2.75, 3.05) is 11.1 Å². The van der Waals surface area contributed by atoms with Gasteiger partial charge < -0.3 is 5.73 Å². The van der Waals surface area contributed by atoms with Gasteiger partial charge in [-0.3, -0.25) is 10.1 Å². The van der Waals surface area contributed by atoms with Crippen molar-refractivity contribution in [1.82, 2.24) is 4.98 Å². The number of benzene rings is 1. The highest BCUT2D eigenvalue weighted by atomic mass is 32.1. The Morgan fingerprint density at radius 1 is 1.33 bits per heavy atom. The second-order valence-electron chi connectivity index (χ2n) is 4.67. The molecule has 21 heavy (non-hydrogen) atoms. The lowest BCUT2D eigenvalue weighted by atomic mass is 10.2. The summed E-state index contributed by atoms with van der Waals surface area (Å²) >= 11 is 2.90. The fourth-order valence-corrected chi connectivity index (χ4v) is 4.11. The molecule has 0 unspecified atom stereocenters. The van der Waals surface area contributed by atoms with Gasteiger partial charge in [-0.05, 0) is 19.4 Å². The quantitative estimate of drug-likeness (QED) is 0.765. The van der Waals surface area contributed by atoms with Crippen molar-refractivity contribution in [3.05, 3.63) is 39.7 Å². The molecule has 3 N–H and O–H groups in total. The maximum absolute atomic E-state index is 12.4. The van der Waals surface area contributed by atoms with Gasteiger partial charge in [0.2, 0.25) is 0 Å². The summed E-state index contributed by atoms with van der Waals surface area (Å²) in [5.74, 6) is -0.190. The second-order valence-corrected chi connectivity index (χ2v) is 6.93. The van der Waals surface area contributed by atoms with Crippen molar-refractivity contribution in [2.24, 2.45) is 0 Å². The molecular formula is C15H15N3OS2. The van der Waals surface area contributed by atoms with Crippen LogP contribution in [0, 0.1) is 6.92 Å². The molecule has 0 aliphatic rings. The third-order valence-electron chi connectivity index (χ3n) is 3.29. The van der Waals surface area contributed by atoms with Gasteiger partial charge in [-0.25, -0.2) is 4.98 Å². The first kappa shape index (κ1) is 14.0. The number of amides is 1. The highest BCUT2D eigenvalue weighted by Gasteiger charge is 2.17. The van der Waals surface area contributed by atoms with E-state index in [4.69, 9.17) is 5.73 Å². The Labute approximate surface area is 130 Å². The van der Waals surface area contributed by atoms with Gasteiger partial charge in [0.05, 0.1) is 11.4 Å². The number of carbonyl (C=O) groups is 1. The van der Waals surface area contributed by atoms with E-state index in [1.807, 2.05) is 31.2 Å². The largest absolute Gasteiger partial charge is 0.397 e. The molecule has 1 aromatic carbocycles. The summed E-state index contributed by atoms with van der Waals surface area (Å²) in [6, 6.07) is 7.76. The lowest BCUT2D eigenvalue weighted by Gasteiger charge is -2.00. The summed E-state index contributed by atoms with van der Waals surface area (Å²) in [4.78, 5) is 18.5. The van der Waals surface area contributed by atoms with Crippen molar-refractivity contribution < 1.29 is 4.79 Å². The van der Waals surface area contributed by atoms with E-state index < -0.39 is 0 Å². The Morgan fingerprint density at radius 2 is 2.10 bits per heavy atom. The van der Waals surface area contributed by atoms with E-state index in [2.05, 4.69) is 17.2 Å². The summed E-state index contributed by atoms with van der Waals surface area (Å²) in [6.45, 7) is 4.07. The third-order valence-corrected chi connectivity index (χ3v) is 5.40. The van der Waals surface area contributed by atoms with Crippen LogP contribution in [0.2, 0.25) is 0 Å². The predicted molar refractivity (Wildman–Crippen MR) is 90.4 cm³/mol. The smallest absolute Gasteiger partial charge is 0.269 e. The monoisotopic (exact) mass is 317 g/mol. The molecule has 108 valence electrons. The zero-order valence-corrected chi connectivity index (χ0v) is 13.4. The SMILES string of the molecule is CCc1nc(NC(=O)c2sc3ccccc3c2N)sc1C. The zero-order chi connectivity index (χ0) is 15.0. The van der Waals surface area contributed by atoms with Gasteiger partial charge in [0.1, 0.15) is 4.88 Å². The molecule has 3 aromatic rings. The first-order valence-electron chi connectivity index (χ1n) is 6.64. The van der Waals surface area contributed by atoms with Crippen LogP contribution in [-0.2, 0) is 6.42 Å². The van der Waals surface area contributed by atoms with Crippen LogP contribution in [0.3, 0.4) is 0 Å². The summed E-state index contributed by atoms with van der Waals surface area (Å²) in [6.07, 6.45) is 0.864. The van der Waals surface area contributed by atoms with E-state index in [0.29, 0.717) is 15.7 Å². The number of nitrogen functional groups attached to an aromatic ring is 1. The fourth-order valence-electron chi connectivity index (χ4n) is 2.20. The van der Waals surface area contributed by atoms with Crippen LogP contribution in [0.25, 0.3) is 10.1 Å². The van der Waals surface area contributed by atoms with Crippen LogP contribution >= 0.6 is 22.7 Å². The minimum atomic E-state index is -0.190. The molecule has 4 nitrogen and oxygen atoms in total. The van der Waals surface area contributed by atoms with Gasteiger partial charge in [-0.15, -0.1) is 22.7 Å². The standard InChI is InChI=1S/C15H15N3OS2/c1-3-10-8(2)20-15(17-10)18-14(19)13-12(16)9-6-4-5-7-11(9)21-13/h4-7H,3,16H2,1-2H3,(H,17,18,19). The number of thiophene rings is 1. The summed E-state index contributed by atoms with van der Waals surface area (Å²) in [5, 5.41) is 4.41. The Balaban J connectivity index is 1.91. The number of rotatable bonds is 3. The molecule has 0 atom stereocenters. The number of carbonyl (C=O) groups excluding carboxylic acids is 1. The molecule has 0 aliphatic heterocycles. The summed E-state index contributed by atoms with van der Waals surface area (Å²) < 4.78 is 1.02. The van der Waals surface area contributed by atoms with E-state index >= 15 is 0 Å². The number of aromatic nitrogens is 1. The molecule has 0 aliphatic carbocycles. The van der Waals surface area contributed by atoms with Gasteiger partial charge in [-0.1, -0.05) is 25.1 Å². The number of nitrogens with zero attached hydrogens (tertiary/aromatic N) is 1. The van der Waals surface area contributed by atoms with Crippen LogP contribution in [0.4, 0.5) is 10.8 Å². The van der Waals surface area contributed by atoms with Crippen LogP contribution < -0.4 is 11.1 Å². The zero-order valence-electron chi connectivity index (χ0n) is 11.8. The fraction of sp³-hybridized carbons (Fsp3) is 0.200. The first-order valence-corrected chi connectivity index (χ1v) is 8.28. The van der Waals surface area contributed by atoms with E-state index in [1.54, 1.807) is 0 Å². The maximum Gasteiger partial charge on any atom is 0.269 e. The van der Waals surface area contributed by atoms with Crippen LogP contribution in [0.5, 0.6) is 0 Å². The molecule has 2 aromatic heterocycles. The average Bonchev–Trinajstić information content (AvgIpc) is 3.00. The van der Waals surface area contributed by atoms with Crippen molar-refractivity contribution in [3.63, 3.8) is 0 Å². The van der Waals surface area contributed by atoms with Crippen molar-refractivity contribution in [2.45, 2.75) is 20.3 Å². The number of aryl methyl sites for hydroxylation is 2. The Hall–Kier alpha value is -1.92. The maximum atomic E-state index is 12.4. The van der Waals surface area contributed by atoms with Crippen LogP contribution in [0.1, 0.15) is 27.2 Å². The number of nitrogens with one attached hydrogen (secondary N) is 1. The normalized spacial score (nSPS) is 11.0. The van der Waals surface area contributed by atoms with Crippen LogP contribution in [0.15, 0.2) is 24.3 Å². The van der Waals surface area contributed by atoms with Crippen LogP contribution in [-0.4, -0.2) is 10.9 Å². The van der Waals surface area contributed by atoms with Crippen molar-refractivity contribution >= 4 is 49.5 Å². The number of hydrogen-bond acceptors (Lipinski definition) is 5. The topological polar surface area (TPSA) is 68.0 Å². The van der Waals surface area contributed by atoms with Crippen molar-refractivity contribution in [3.8, 4) is 0 Å². The van der Waals surface area contributed by atoms with Crippen molar-refractivity contribution in [1.29, 1.82) is 0 Å². The number of nitrogens with two attached hydrogens (primary N) is 1. The Morgan fingerprint density at radius 3 is 2.76 bits per heavy atom. The van der Waals surface area contributed by atoms with E-state index in [0.717, 1.165) is 27.1 Å². The molecule has 0 saturated heterocycles. The highest BCUT2D eigenvalue weighted by Crippen LogP contribution is 2.34. The minimum absolute atomic E-state index is 0.190.